The quantitative estimate of drug-likeness (QED) is 0.899. The SMILES string of the molecule is CN1CCCC(CN)C1c1occc1Br. The summed E-state index contributed by atoms with van der Waals surface area (Å²) in [6.07, 6.45) is 4.15. The van der Waals surface area contributed by atoms with Crippen molar-refractivity contribution in [2.45, 2.75) is 18.9 Å². The normalized spacial score (nSPS) is 28.2. The first-order chi connectivity index (χ1) is 7.24. The number of likely N-dealkylation sites (tertiary alicyclic amines) is 1. The Kier molecular flexibility index (Phi) is 3.49. The van der Waals surface area contributed by atoms with Crippen molar-refractivity contribution in [3.8, 4) is 0 Å². The second-order valence-electron chi connectivity index (χ2n) is 4.20. The maximum absolute atomic E-state index is 5.83. The van der Waals surface area contributed by atoms with Crippen LogP contribution in [0.15, 0.2) is 21.2 Å². The molecule has 2 heterocycles. The van der Waals surface area contributed by atoms with Crippen LogP contribution in [0, 0.1) is 5.92 Å². The summed E-state index contributed by atoms with van der Waals surface area (Å²) in [5.41, 5.74) is 5.83. The number of nitrogens with two attached hydrogens (primary N) is 1. The molecule has 1 aliphatic rings. The lowest BCUT2D eigenvalue weighted by Gasteiger charge is -2.37. The van der Waals surface area contributed by atoms with Crippen LogP contribution in [0.3, 0.4) is 0 Å². The van der Waals surface area contributed by atoms with Crippen molar-refractivity contribution in [2.24, 2.45) is 11.7 Å². The van der Waals surface area contributed by atoms with E-state index in [1.54, 1.807) is 6.26 Å². The molecule has 0 amide bonds. The number of hydrogen-bond acceptors (Lipinski definition) is 3. The maximum Gasteiger partial charge on any atom is 0.135 e. The Balaban J connectivity index is 2.27. The minimum absolute atomic E-state index is 0.327. The molecule has 0 bridgehead atoms. The molecule has 1 aliphatic heterocycles. The van der Waals surface area contributed by atoms with Crippen LogP contribution in [0.1, 0.15) is 24.6 Å². The van der Waals surface area contributed by atoms with Gasteiger partial charge in [-0.05, 0) is 60.9 Å². The zero-order chi connectivity index (χ0) is 10.8. The van der Waals surface area contributed by atoms with Gasteiger partial charge in [-0.1, -0.05) is 0 Å². The van der Waals surface area contributed by atoms with Crippen LogP contribution in [0.4, 0.5) is 0 Å². The second-order valence-corrected chi connectivity index (χ2v) is 5.05. The highest BCUT2D eigenvalue weighted by Gasteiger charge is 2.32. The lowest BCUT2D eigenvalue weighted by molar-refractivity contribution is 0.106. The topological polar surface area (TPSA) is 42.4 Å². The lowest BCUT2D eigenvalue weighted by atomic mass is 9.88. The van der Waals surface area contributed by atoms with Gasteiger partial charge in [0, 0.05) is 0 Å². The van der Waals surface area contributed by atoms with Gasteiger partial charge in [0.1, 0.15) is 5.76 Å². The van der Waals surface area contributed by atoms with Crippen LogP contribution < -0.4 is 5.73 Å². The fraction of sp³-hybridized carbons (Fsp3) is 0.636. The number of furan rings is 1. The molecule has 2 N–H and O–H groups in total. The van der Waals surface area contributed by atoms with E-state index in [9.17, 15) is 0 Å². The molecule has 2 unspecified atom stereocenters. The van der Waals surface area contributed by atoms with Crippen molar-refractivity contribution >= 4 is 15.9 Å². The van der Waals surface area contributed by atoms with Crippen LogP contribution in [-0.2, 0) is 0 Å². The number of hydrogen-bond donors (Lipinski definition) is 1. The predicted molar refractivity (Wildman–Crippen MR) is 63.6 cm³/mol. The zero-order valence-electron chi connectivity index (χ0n) is 8.95. The molecule has 0 saturated carbocycles. The summed E-state index contributed by atoms with van der Waals surface area (Å²) in [7, 11) is 2.14. The Labute approximate surface area is 98.7 Å². The maximum atomic E-state index is 5.83. The molecule has 4 heteroatoms. The summed E-state index contributed by atoms with van der Waals surface area (Å²) in [4.78, 5) is 2.34. The third-order valence-electron chi connectivity index (χ3n) is 3.22. The Hall–Kier alpha value is -0.320. The molecule has 1 saturated heterocycles. The standard InChI is InChI=1S/C11H17BrN2O/c1-14-5-2-3-8(7-13)10(14)11-9(12)4-6-15-11/h4,6,8,10H,2-3,5,7,13H2,1H3. The first kappa shape index (κ1) is 11.2. The number of piperidine rings is 1. The van der Waals surface area contributed by atoms with E-state index in [0.717, 1.165) is 23.3 Å². The Bertz CT molecular complexity index is 326. The number of halogens is 1. The molecule has 2 atom stereocenters. The highest BCUT2D eigenvalue weighted by molar-refractivity contribution is 9.10. The van der Waals surface area contributed by atoms with Gasteiger partial charge in [-0.2, -0.15) is 0 Å². The van der Waals surface area contributed by atoms with Gasteiger partial charge in [0.25, 0.3) is 0 Å². The van der Waals surface area contributed by atoms with E-state index in [1.165, 1.54) is 12.8 Å². The monoisotopic (exact) mass is 272 g/mol. The summed E-state index contributed by atoms with van der Waals surface area (Å²) in [6.45, 7) is 1.84. The van der Waals surface area contributed by atoms with E-state index >= 15 is 0 Å². The molecule has 0 spiro atoms. The Morgan fingerprint density at radius 2 is 2.47 bits per heavy atom. The molecule has 0 radical (unpaired) electrons. The molecular formula is C11H17BrN2O. The van der Waals surface area contributed by atoms with E-state index in [1.807, 2.05) is 6.07 Å². The average molecular weight is 273 g/mol. The van der Waals surface area contributed by atoms with Crippen molar-refractivity contribution in [1.29, 1.82) is 0 Å². The number of nitrogens with zero attached hydrogens (tertiary/aromatic N) is 1. The van der Waals surface area contributed by atoms with Gasteiger partial charge in [0.15, 0.2) is 0 Å². The van der Waals surface area contributed by atoms with Gasteiger partial charge in [-0.3, -0.25) is 4.90 Å². The third kappa shape index (κ3) is 2.12. The van der Waals surface area contributed by atoms with Crippen LogP contribution in [0.25, 0.3) is 0 Å². The third-order valence-corrected chi connectivity index (χ3v) is 3.88. The van der Waals surface area contributed by atoms with E-state index < -0.39 is 0 Å². The summed E-state index contributed by atoms with van der Waals surface area (Å²) < 4.78 is 6.62. The van der Waals surface area contributed by atoms with Crippen LogP contribution in [-0.4, -0.2) is 25.0 Å². The zero-order valence-corrected chi connectivity index (χ0v) is 10.5. The first-order valence-electron chi connectivity index (χ1n) is 5.37. The van der Waals surface area contributed by atoms with Gasteiger partial charge >= 0.3 is 0 Å². The molecule has 15 heavy (non-hydrogen) atoms. The first-order valence-corrected chi connectivity index (χ1v) is 6.16. The van der Waals surface area contributed by atoms with Crippen molar-refractivity contribution in [2.75, 3.05) is 20.1 Å². The minimum Gasteiger partial charge on any atom is -0.466 e. The van der Waals surface area contributed by atoms with E-state index in [-0.39, 0.29) is 0 Å². The lowest BCUT2D eigenvalue weighted by Crippen LogP contribution is -2.39. The molecule has 1 aromatic rings. The highest BCUT2D eigenvalue weighted by atomic mass is 79.9. The molecule has 0 aliphatic carbocycles. The summed E-state index contributed by atoms with van der Waals surface area (Å²) in [5, 5.41) is 0. The molecule has 1 aromatic heterocycles. The predicted octanol–water partition coefficient (Wildman–Crippen LogP) is 2.38. The largest absolute Gasteiger partial charge is 0.466 e. The molecule has 3 nitrogen and oxygen atoms in total. The van der Waals surface area contributed by atoms with Gasteiger partial charge < -0.3 is 10.2 Å². The molecule has 2 rings (SSSR count). The van der Waals surface area contributed by atoms with Gasteiger partial charge in [-0.15, -0.1) is 0 Å². The summed E-state index contributed by atoms with van der Waals surface area (Å²) in [6, 6.07) is 2.28. The van der Waals surface area contributed by atoms with Crippen molar-refractivity contribution in [3.63, 3.8) is 0 Å². The minimum atomic E-state index is 0.327. The summed E-state index contributed by atoms with van der Waals surface area (Å²) in [5.74, 6) is 1.53. The van der Waals surface area contributed by atoms with Crippen LogP contribution in [0.5, 0.6) is 0 Å². The van der Waals surface area contributed by atoms with E-state index in [0.29, 0.717) is 12.0 Å². The second kappa shape index (κ2) is 4.68. The summed E-state index contributed by atoms with van der Waals surface area (Å²) >= 11 is 3.52. The van der Waals surface area contributed by atoms with Gasteiger partial charge in [-0.25, -0.2) is 0 Å². The smallest absolute Gasteiger partial charge is 0.135 e. The molecular weight excluding hydrogens is 256 g/mol. The fourth-order valence-corrected chi connectivity index (χ4v) is 2.87. The van der Waals surface area contributed by atoms with Crippen molar-refractivity contribution in [3.05, 3.63) is 22.6 Å². The highest BCUT2D eigenvalue weighted by Crippen LogP contribution is 2.38. The van der Waals surface area contributed by atoms with Gasteiger partial charge in [0.05, 0.1) is 16.8 Å². The Morgan fingerprint density at radius 1 is 1.67 bits per heavy atom. The van der Waals surface area contributed by atoms with Crippen LogP contribution >= 0.6 is 15.9 Å². The van der Waals surface area contributed by atoms with E-state index in [2.05, 4.69) is 27.9 Å². The molecule has 84 valence electrons. The van der Waals surface area contributed by atoms with Gasteiger partial charge in [0.2, 0.25) is 0 Å². The van der Waals surface area contributed by atoms with Crippen molar-refractivity contribution in [1.82, 2.24) is 4.90 Å². The molecule has 0 aromatic carbocycles. The molecule has 1 fully saturated rings. The fourth-order valence-electron chi connectivity index (χ4n) is 2.44. The van der Waals surface area contributed by atoms with E-state index in [4.69, 9.17) is 10.2 Å². The number of rotatable bonds is 2. The van der Waals surface area contributed by atoms with Crippen LogP contribution in [0.2, 0.25) is 0 Å². The van der Waals surface area contributed by atoms with Crippen molar-refractivity contribution < 1.29 is 4.42 Å². The average Bonchev–Trinajstić information content (AvgIpc) is 2.64. The Morgan fingerprint density at radius 3 is 3.07 bits per heavy atom.